The maximum Gasteiger partial charge on any atom is 0.291 e. The van der Waals surface area contributed by atoms with Crippen molar-refractivity contribution >= 4 is 27.5 Å². The molecule has 1 amide bonds. The molecule has 21 heavy (non-hydrogen) atoms. The van der Waals surface area contributed by atoms with Gasteiger partial charge in [-0.15, -0.1) is 0 Å². The molecule has 4 heteroatoms. The molecule has 1 N–H and O–H groups in total. The molecule has 0 fully saturated rings. The Morgan fingerprint density at radius 2 is 1.52 bits per heavy atom. The number of rotatable bonds is 3. The highest BCUT2D eigenvalue weighted by molar-refractivity contribution is 9.10. The molecule has 2 aromatic carbocycles. The quantitative estimate of drug-likeness (QED) is 0.731. The topological polar surface area (TPSA) is 42.2 Å². The second-order valence-corrected chi connectivity index (χ2v) is 5.28. The molecular formula is C17H12BrNO2. The lowest BCUT2D eigenvalue weighted by molar-refractivity contribution is 0.0995. The third kappa shape index (κ3) is 3.23. The maximum absolute atomic E-state index is 12.0. The highest BCUT2D eigenvalue weighted by Crippen LogP contribution is 2.21. The van der Waals surface area contributed by atoms with Gasteiger partial charge in [0.2, 0.25) is 0 Å². The molecule has 0 radical (unpaired) electrons. The van der Waals surface area contributed by atoms with Crippen LogP contribution in [0.25, 0.3) is 11.1 Å². The standard InChI is InChI=1S/C17H12BrNO2/c18-16-11-10-15(21-16)17(20)19-14-8-6-13(7-9-14)12-4-2-1-3-5-12/h1-11H,(H,19,20). The van der Waals surface area contributed by atoms with Gasteiger partial charge in [0.05, 0.1) is 0 Å². The largest absolute Gasteiger partial charge is 0.444 e. The summed E-state index contributed by atoms with van der Waals surface area (Å²) in [6.07, 6.45) is 0. The van der Waals surface area contributed by atoms with Crippen LogP contribution in [0.3, 0.4) is 0 Å². The van der Waals surface area contributed by atoms with Gasteiger partial charge < -0.3 is 9.73 Å². The van der Waals surface area contributed by atoms with E-state index in [1.165, 1.54) is 0 Å². The first-order valence-electron chi connectivity index (χ1n) is 6.44. The molecule has 1 heterocycles. The summed E-state index contributed by atoms with van der Waals surface area (Å²) in [5.41, 5.74) is 2.98. The van der Waals surface area contributed by atoms with Gasteiger partial charge in [0.25, 0.3) is 5.91 Å². The normalized spacial score (nSPS) is 10.3. The zero-order chi connectivity index (χ0) is 14.7. The van der Waals surface area contributed by atoms with Crippen molar-refractivity contribution in [3.8, 4) is 11.1 Å². The van der Waals surface area contributed by atoms with Crippen LogP contribution < -0.4 is 5.32 Å². The lowest BCUT2D eigenvalue weighted by Crippen LogP contribution is -2.10. The Kier molecular flexibility index (Phi) is 3.88. The van der Waals surface area contributed by atoms with E-state index in [4.69, 9.17) is 4.42 Å². The summed E-state index contributed by atoms with van der Waals surface area (Å²) in [5, 5.41) is 2.80. The third-order valence-electron chi connectivity index (χ3n) is 3.05. The molecule has 1 aromatic heterocycles. The van der Waals surface area contributed by atoms with Crippen molar-refractivity contribution in [1.82, 2.24) is 0 Å². The predicted molar refractivity (Wildman–Crippen MR) is 86.2 cm³/mol. The Bertz CT molecular complexity index is 748. The summed E-state index contributed by atoms with van der Waals surface area (Å²) < 4.78 is 5.75. The summed E-state index contributed by atoms with van der Waals surface area (Å²) in [6, 6.07) is 21.1. The second-order valence-electron chi connectivity index (χ2n) is 4.50. The zero-order valence-electron chi connectivity index (χ0n) is 11.0. The van der Waals surface area contributed by atoms with Gasteiger partial charge in [-0.3, -0.25) is 4.79 Å². The van der Waals surface area contributed by atoms with Crippen molar-refractivity contribution in [2.75, 3.05) is 5.32 Å². The minimum Gasteiger partial charge on any atom is -0.444 e. The smallest absolute Gasteiger partial charge is 0.291 e. The van der Waals surface area contributed by atoms with Crippen LogP contribution in [0.1, 0.15) is 10.6 Å². The number of hydrogen-bond donors (Lipinski definition) is 1. The predicted octanol–water partition coefficient (Wildman–Crippen LogP) is 4.96. The van der Waals surface area contributed by atoms with Crippen molar-refractivity contribution in [3.63, 3.8) is 0 Å². The van der Waals surface area contributed by atoms with Gasteiger partial charge in [0.15, 0.2) is 10.4 Å². The van der Waals surface area contributed by atoms with Crippen molar-refractivity contribution in [1.29, 1.82) is 0 Å². The van der Waals surface area contributed by atoms with Crippen LogP contribution in [0.2, 0.25) is 0 Å². The maximum atomic E-state index is 12.0. The number of benzene rings is 2. The van der Waals surface area contributed by atoms with Gasteiger partial charge in [-0.1, -0.05) is 42.5 Å². The molecule has 0 atom stereocenters. The number of carbonyl (C=O) groups excluding carboxylic acids is 1. The summed E-state index contributed by atoms with van der Waals surface area (Å²) in [5.74, 6) is 0.00201. The van der Waals surface area contributed by atoms with Gasteiger partial charge in [0.1, 0.15) is 0 Å². The van der Waals surface area contributed by atoms with Crippen LogP contribution >= 0.6 is 15.9 Å². The zero-order valence-corrected chi connectivity index (χ0v) is 12.6. The number of amides is 1. The number of carbonyl (C=O) groups is 1. The first-order valence-corrected chi connectivity index (χ1v) is 7.24. The Labute approximate surface area is 130 Å². The summed E-state index contributed by atoms with van der Waals surface area (Å²) >= 11 is 3.17. The Morgan fingerprint density at radius 1 is 0.857 bits per heavy atom. The summed E-state index contributed by atoms with van der Waals surface area (Å²) in [4.78, 5) is 12.0. The molecule has 0 unspecified atom stereocenters. The van der Waals surface area contributed by atoms with E-state index in [2.05, 4.69) is 21.2 Å². The van der Waals surface area contributed by atoms with Gasteiger partial charge in [-0.25, -0.2) is 0 Å². The third-order valence-corrected chi connectivity index (χ3v) is 3.47. The molecule has 3 rings (SSSR count). The molecule has 3 nitrogen and oxygen atoms in total. The van der Waals surface area contributed by atoms with E-state index in [1.807, 2.05) is 54.6 Å². The van der Waals surface area contributed by atoms with E-state index < -0.39 is 0 Å². The Morgan fingerprint density at radius 3 is 2.14 bits per heavy atom. The average Bonchev–Trinajstić information content (AvgIpc) is 2.96. The van der Waals surface area contributed by atoms with Gasteiger partial charge >= 0.3 is 0 Å². The molecule has 0 bridgehead atoms. The summed E-state index contributed by atoms with van der Waals surface area (Å²) in [7, 11) is 0. The Hall–Kier alpha value is -2.33. The molecule has 0 aliphatic rings. The van der Waals surface area contributed by atoms with Crippen LogP contribution in [-0.4, -0.2) is 5.91 Å². The van der Waals surface area contributed by atoms with Gasteiger partial charge in [-0.05, 0) is 51.3 Å². The van der Waals surface area contributed by atoms with E-state index in [0.717, 1.165) is 16.8 Å². The highest BCUT2D eigenvalue weighted by Gasteiger charge is 2.10. The van der Waals surface area contributed by atoms with Crippen molar-refractivity contribution in [3.05, 3.63) is 77.2 Å². The van der Waals surface area contributed by atoms with Crippen LogP contribution in [0.5, 0.6) is 0 Å². The number of furan rings is 1. The van der Waals surface area contributed by atoms with Crippen LogP contribution in [0, 0.1) is 0 Å². The highest BCUT2D eigenvalue weighted by atomic mass is 79.9. The lowest BCUT2D eigenvalue weighted by Gasteiger charge is -2.05. The van der Waals surface area contributed by atoms with E-state index in [9.17, 15) is 4.79 Å². The minimum absolute atomic E-state index is 0.270. The second kappa shape index (κ2) is 5.97. The van der Waals surface area contributed by atoms with E-state index >= 15 is 0 Å². The first-order chi connectivity index (χ1) is 10.2. The molecule has 0 aliphatic heterocycles. The summed E-state index contributed by atoms with van der Waals surface area (Å²) in [6.45, 7) is 0. The fourth-order valence-electron chi connectivity index (χ4n) is 2.01. The molecule has 3 aromatic rings. The molecular weight excluding hydrogens is 330 g/mol. The monoisotopic (exact) mass is 341 g/mol. The van der Waals surface area contributed by atoms with Gasteiger partial charge in [-0.2, -0.15) is 0 Å². The lowest BCUT2D eigenvalue weighted by atomic mass is 10.1. The first kappa shape index (κ1) is 13.6. The van der Waals surface area contributed by atoms with Crippen molar-refractivity contribution in [2.24, 2.45) is 0 Å². The van der Waals surface area contributed by atoms with Crippen LogP contribution in [0.4, 0.5) is 5.69 Å². The minimum atomic E-state index is -0.270. The SMILES string of the molecule is O=C(Nc1ccc(-c2ccccc2)cc1)c1ccc(Br)o1. The fourth-order valence-corrected chi connectivity index (χ4v) is 2.31. The number of anilines is 1. The van der Waals surface area contributed by atoms with Crippen LogP contribution in [0.15, 0.2) is 75.8 Å². The molecule has 104 valence electrons. The number of hydrogen-bond acceptors (Lipinski definition) is 2. The number of nitrogens with one attached hydrogen (secondary N) is 1. The molecule has 0 saturated carbocycles. The van der Waals surface area contributed by atoms with E-state index in [0.29, 0.717) is 4.67 Å². The molecule has 0 spiro atoms. The van der Waals surface area contributed by atoms with Crippen molar-refractivity contribution in [2.45, 2.75) is 0 Å². The molecule has 0 aliphatic carbocycles. The van der Waals surface area contributed by atoms with Crippen LogP contribution in [-0.2, 0) is 0 Å². The van der Waals surface area contributed by atoms with E-state index in [-0.39, 0.29) is 11.7 Å². The van der Waals surface area contributed by atoms with Gasteiger partial charge in [0, 0.05) is 5.69 Å². The molecule has 0 saturated heterocycles. The Balaban J connectivity index is 1.74. The van der Waals surface area contributed by atoms with E-state index in [1.54, 1.807) is 12.1 Å². The number of halogens is 1. The average molecular weight is 342 g/mol. The van der Waals surface area contributed by atoms with Crippen molar-refractivity contribution < 1.29 is 9.21 Å². The fraction of sp³-hybridized carbons (Fsp3) is 0.